The van der Waals surface area contributed by atoms with E-state index < -0.39 is 17.6 Å². The van der Waals surface area contributed by atoms with Crippen molar-refractivity contribution in [2.75, 3.05) is 36.4 Å². The van der Waals surface area contributed by atoms with Gasteiger partial charge >= 0.3 is 6.18 Å². The second kappa shape index (κ2) is 8.65. The van der Waals surface area contributed by atoms with Gasteiger partial charge in [0.05, 0.1) is 24.3 Å². The summed E-state index contributed by atoms with van der Waals surface area (Å²) in [4.78, 5) is 28.3. The van der Waals surface area contributed by atoms with Crippen LogP contribution < -0.4 is 10.2 Å². The second-order valence-electron chi connectivity index (χ2n) is 6.82. The zero-order chi connectivity index (χ0) is 21.0. The van der Waals surface area contributed by atoms with Crippen LogP contribution in [0.5, 0.6) is 0 Å². The van der Waals surface area contributed by atoms with Gasteiger partial charge in [-0.05, 0) is 36.7 Å². The molecule has 0 fully saturated rings. The average molecular weight is 405 g/mol. The lowest BCUT2D eigenvalue weighted by molar-refractivity contribution is -0.137. The maximum Gasteiger partial charge on any atom is 0.418 e. The van der Waals surface area contributed by atoms with Crippen LogP contribution in [-0.4, -0.2) is 42.9 Å². The van der Waals surface area contributed by atoms with E-state index in [-0.39, 0.29) is 24.7 Å². The summed E-state index contributed by atoms with van der Waals surface area (Å²) in [7, 11) is 0. The maximum atomic E-state index is 13.1. The smallest absolute Gasteiger partial charge is 0.324 e. The first kappa shape index (κ1) is 20.9. The van der Waals surface area contributed by atoms with Crippen LogP contribution in [0.4, 0.5) is 24.5 Å². The minimum absolute atomic E-state index is 0.0131. The molecular weight excluding hydrogens is 383 g/mol. The molecule has 0 radical (unpaired) electrons. The summed E-state index contributed by atoms with van der Waals surface area (Å²) in [5.41, 5.74) is 0.782. The van der Waals surface area contributed by atoms with Crippen molar-refractivity contribution >= 4 is 23.2 Å². The van der Waals surface area contributed by atoms with Crippen molar-refractivity contribution in [1.82, 2.24) is 4.90 Å². The molecule has 29 heavy (non-hydrogen) atoms. The highest BCUT2D eigenvalue weighted by Gasteiger charge is 2.33. The molecule has 2 aromatic carbocycles. The average Bonchev–Trinajstić information content (AvgIpc) is 3.11. The lowest BCUT2D eigenvalue weighted by atomic mass is 10.1. The van der Waals surface area contributed by atoms with Gasteiger partial charge in [-0.1, -0.05) is 37.3 Å². The number of para-hydroxylation sites is 2. The van der Waals surface area contributed by atoms with Gasteiger partial charge < -0.3 is 10.2 Å². The fourth-order valence-electron chi connectivity index (χ4n) is 3.39. The van der Waals surface area contributed by atoms with Gasteiger partial charge in [0.25, 0.3) is 0 Å². The molecule has 0 saturated heterocycles. The number of amides is 2. The van der Waals surface area contributed by atoms with Crippen LogP contribution in [0.3, 0.4) is 0 Å². The van der Waals surface area contributed by atoms with E-state index in [1.54, 1.807) is 16.7 Å². The molecule has 1 aliphatic heterocycles. The highest BCUT2D eigenvalue weighted by molar-refractivity contribution is 5.97. The Bertz CT molecular complexity index is 899. The molecule has 0 saturated carbocycles. The SMILES string of the molecule is CCN(CC(=O)Nc1ccccc1C(F)(F)F)CC(=O)N1CCc2ccccc21. The molecule has 0 atom stereocenters. The molecule has 3 rings (SSSR count). The quantitative estimate of drug-likeness (QED) is 0.800. The number of carbonyl (C=O) groups is 2. The monoisotopic (exact) mass is 405 g/mol. The first-order chi connectivity index (χ1) is 13.8. The number of nitrogens with zero attached hydrogens (tertiary/aromatic N) is 2. The highest BCUT2D eigenvalue weighted by Crippen LogP contribution is 2.34. The molecule has 0 unspecified atom stereocenters. The number of halogens is 3. The van der Waals surface area contributed by atoms with Crippen molar-refractivity contribution in [2.45, 2.75) is 19.5 Å². The molecule has 0 aromatic heterocycles. The standard InChI is InChI=1S/C21H22F3N3O2/c1-2-26(14-20(29)27-12-11-15-7-3-6-10-18(15)27)13-19(28)25-17-9-5-4-8-16(17)21(22,23)24/h3-10H,2,11-14H2,1H3,(H,25,28). The Hall–Kier alpha value is -2.87. The Morgan fingerprint density at radius 2 is 1.76 bits per heavy atom. The van der Waals surface area contributed by atoms with Gasteiger partial charge in [0.2, 0.25) is 11.8 Å². The van der Waals surface area contributed by atoms with Crippen LogP contribution in [0, 0.1) is 0 Å². The van der Waals surface area contributed by atoms with E-state index in [0.717, 1.165) is 23.7 Å². The Morgan fingerprint density at radius 1 is 1.07 bits per heavy atom. The van der Waals surface area contributed by atoms with Crippen molar-refractivity contribution in [3.63, 3.8) is 0 Å². The van der Waals surface area contributed by atoms with Gasteiger partial charge in [0, 0.05) is 12.2 Å². The second-order valence-corrected chi connectivity index (χ2v) is 6.82. The first-order valence-corrected chi connectivity index (χ1v) is 9.36. The van der Waals surface area contributed by atoms with E-state index >= 15 is 0 Å². The van der Waals surface area contributed by atoms with Crippen LogP contribution in [-0.2, 0) is 22.2 Å². The van der Waals surface area contributed by atoms with Crippen molar-refractivity contribution in [1.29, 1.82) is 0 Å². The summed E-state index contributed by atoms with van der Waals surface area (Å²) in [6, 6.07) is 12.5. The molecule has 0 spiro atoms. The number of rotatable bonds is 6. The number of hydrogen-bond donors (Lipinski definition) is 1. The van der Waals surface area contributed by atoms with Crippen LogP contribution in [0.25, 0.3) is 0 Å². The van der Waals surface area contributed by atoms with E-state index in [4.69, 9.17) is 0 Å². The van der Waals surface area contributed by atoms with Crippen molar-refractivity contribution in [3.8, 4) is 0 Å². The Kier molecular flexibility index (Phi) is 6.22. The molecule has 1 N–H and O–H groups in total. The van der Waals surface area contributed by atoms with Gasteiger partial charge in [0.1, 0.15) is 0 Å². The summed E-state index contributed by atoms with van der Waals surface area (Å²) in [6.45, 7) is 2.63. The topological polar surface area (TPSA) is 52.7 Å². The summed E-state index contributed by atoms with van der Waals surface area (Å²) in [5.74, 6) is -0.738. The number of carbonyl (C=O) groups excluding carboxylic acids is 2. The van der Waals surface area contributed by atoms with Gasteiger partial charge in [-0.3, -0.25) is 14.5 Å². The molecule has 0 bridgehead atoms. The molecule has 1 aliphatic rings. The third kappa shape index (κ3) is 4.95. The van der Waals surface area contributed by atoms with E-state index in [0.29, 0.717) is 13.1 Å². The minimum Gasteiger partial charge on any atom is -0.324 e. The number of nitrogens with one attached hydrogen (secondary N) is 1. The lowest BCUT2D eigenvalue weighted by Gasteiger charge is -2.24. The van der Waals surface area contributed by atoms with Gasteiger partial charge in [-0.2, -0.15) is 13.2 Å². The highest BCUT2D eigenvalue weighted by atomic mass is 19.4. The molecule has 0 aliphatic carbocycles. The summed E-state index contributed by atoms with van der Waals surface area (Å²) >= 11 is 0. The van der Waals surface area contributed by atoms with E-state index in [2.05, 4.69) is 5.32 Å². The van der Waals surface area contributed by atoms with Crippen molar-refractivity contribution in [2.24, 2.45) is 0 Å². The number of anilines is 2. The number of fused-ring (bicyclic) bond motifs is 1. The Labute approximate surface area is 167 Å². The molecule has 8 heteroatoms. The number of likely N-dealkylation sites (N-methyl/N-ethyl adjacent to an activating group) is 1. The van der Waals surface area contributed by atoms with Gasteiger partial charge in [-0.15, -0.1) is 0 Å². The summed E-state index contributed by atoms with van der Waals surface area (Å²) in [6.07, 6.45) is -3.78. The third-order valence-corrected chi connectivity index (χ3v) is 4.87. The zero-order valence-electron chi connectivity index (χ0n) is 16.0. The molecule has 5 nitrogen and oxygen atoms in total. The number of hydrogen-bond acceptors (Lipinski definition) is 3. The fraction of sp³-hybridized carbons (Fsp3) is 0.333. The van der Waals surface area contributed by atoms with Crippen LogP contribution >= 0.6 is 0 Å². The molecular formula is C21H22F3N3O2. The van der Waals surface area contributed by atoms with Crippen molar-refractivity contribution in [3.05, 3.63) is 59.7 Å². The Balaban J connectivity index is 1.62. The normalized spacial score (nSPS) is 13.5. The molecule has 154 valence electrons. The fourth-order valence-corrected chi connectivity index (χ4v) is 3.39. The number of benzene rings is 2. The Morgan fingerprint density at radius 3 is 2.48 bits per heavy atom. The third-order valence-electron chi connectivity index (χ3n) is 4.87. The van der Waals surface area contributed by atoms with E-state index in [1.807, 2.05) is 24.3 Å². The van der Waals surface area contributed by atoms with Crippen LogP contribution in [0.1, 0.15) is 18.1 Å². The van der Waals surface area contributed by atoms with E-state index in [9.17, 15) is 22.8 Å². The zero-order valence-corrected chi connectivity index (χ0v) is 16.0. The van der Waals surface area contributed by atoms with Crippen molar-refractivity contribution < 1.29 is 22.8 Å². The lowest BCUT2D eigenvalue weighted by Crippen LogP contribution is -2.42. The predicted octanol–water partition coefficient (Wildman–Crippen LogP) is 3.56. The maximum absolute atomic E-state index is 13.1. The van der Waals surface area contributed by atoms with E-state index in [1.165, 1.54) is 18.2 Å². The summed E-state index contributed by atoms with van der Waals surface area (Å²) < 4.78 is 39.2. The predicted molar refractivity (Wildman–Crippen MR) is 105 cm³/mol. The molecule has 2 aromatic rings. The molecule has 1 heterocycles. The van der Waals surface area contributed by atoms with Gasteiger partial charge in [0.15, 0.2) is 0 Å². The molecule has 2 amide bonds. The minimum atomic E-state index is -4.56. The number of alkyl halides is 3. The van der Waals surface area contributed by atoms with Crippen LogP contribution in [0.2, 0.25) is 0 Å². The van der Waals surface area contributed by atoms with Gasteiger partial charge in [-0.25, -0.2) is 0 Å². The summed E-state index contributed by atoms with van der Waals surface area (Å²) in [5, 5.41) is 2.31. The van der Waals surface area contributed by atoms with Crippen LogP contribution in [0.15, 0.2) is 48.5 Å². The largest absolute Gasteiger partial charge is 0.418 e. The first-order valence-electron chi connectivity index (χ1n) is 9.36.